The van der Waals surface area contributed by atoms with Gasteiger partial charge in [-0.15, -0.1) is 11.8 Å². The lowest BCUT2D eigenvalue weighted by Gasteiger charge is -2.11. The molecular weight excluding hydrogens is 392 g/mol. The highest BCUT2D eigenvalue weighted by Crippen LogP contribution is 2.31. The van der Waals surface area contributed by atoms with Gasteiger partial charge in [0.25, 0.3) is 5.91 Å². The molecule has 3 rings (SSSR count). The van der Waals surface area contributed by atoms with Crippen molar-refractivity contribution in [3.05, 3.63) is 58.3 Å². The number of benzene rings is 1. The van der Waals surface area contributed by atoms with Gasteiger partial charge in [0, 0.05) is 25.0 Å². The first-order chi connectivity index (χ1) is 14.1. The van der Waals surface area contributed by atoms with E-state index in [4.69, 9.17) is 9.26 Å². The summed E-state index contributed by atoms with van der Waals surface area (Å²) in [5.74, 6) is -0.940. The maximum atomic E-state index is 12.9. The maximum Gasteiger partial charge on any atom is 0.278 e. The third kappa shape index (κ3) is 5.21. The number of Topliss-reactive ketones (excluding diaryl/α,β-unsaturated/α-hetero) is 1. The van der Waals surface area contributed by atoms with Crippen LogP contribution in [0.25, 0.3) is 0 Å². The monoisotopic (exact) mass is 414 g/mol. The molecule has 1 heterocycles. The van der Waals surface area contributed by atoms with Gasteiger partial charge in [0.1, 0.15) is 5.56 Å². The van der Waals surface area contributed by atoms with E-state index < -0.39 is 17.5 Å². The zero-order valence-electron chi connectivity index (χ0n) is 16.1. The number of anilines is 1. The van der Waals surface area contributed by atoms with Gasteiger partial charge >= 0.3 is 0 Å². The molecule has 0 aliphatic heterocycles. The topological polar surface area (TPSA) is 98.5 Å². The standard InChI is InChI=1S/C21H22N2O5S/c1-2-27-11-7-4-8-12-29-16-13-15(24)20-17(19(16)25)18(23-28-20)21(26)22-14-9-5-3-6-10-14/h3,5-6,9-10,13H,2,4,7-8,11-12H2,1H3,(H,22,26). The number of unbranched alkanes of at least 4 members (excludes halogenated alkanes) is 2. The fourth-order valence-corrected chi connectivity index (χ4v) is 3.82. The summed E-state index contributed by atoms with van der Waals surface area (Å²) in [6, 6.07) is 8.79. The van der Waals surface area contributed by atoms with Crippen LogP contribution in [-0.2, 0) is 4.74 Å². The molecule has 1 aromatic heterocycles. The molecule has 152 valence electrons. The van der Waals surface area contributed by atoms with Crippen LogP contribution < -0.4 is 5.32 Å². The Kier molecular flexibility index (Phi) is 7.37. The summed E-state index contributed by atoms with van der Waals surface area (Å²) in [5, 5.41) is 6.34. The smallest absolute Gasteiger partial charge is 0.278 e. The van der Waals surface area contributed by atoms with Gasteiger partial charge in [-0.05, 0) is 37.7 Å². The van der Waals surface area contributed by atoms with E-state index >= 15 is 0 Å². The Morgan fingerprint density at radius 2 is 1.97 bits per heavy atom. The number of aromatic nitrogens is 1. The molecular formula is C21H22N2O5S. The number of rotatable bonds is 10. The number of para-hydroxylation sites is 1. The Balaban J connectivity index is 1.64. The number of nitrogens with one attached hydrogen (secondary N) is 1. The number of carbonyl (C=O) groups excluding carboxylic acids is 3. The van der Waals surface area contributed by atoms with Crippen molar-refractivity contribution in [2.45, 2.75) is 26.2 Å². The average Bonchev–Trinajstić information content (AvgIpc) is 3.18. The van der Waals surface area contributed by atoms with Crippen LogP contribution in [0.4, 0.5) is 5.69 Å². The summed E-state index contributed by atoms with van der Waals surface area (Å²) in [7, 11) is 0. The second-order valence-corrected chi connectivity index (χ2v) is 7.50. The van der Waals surface area contributed by atoms with Crippen molar-refractivity contribution in [3.8, 4) is 0 Å². The highest BCUT2D eigenvalue weighted by molar-refractivity contribution is 8.04. The first-order valence-corrected chi connectivity index (χ1v) is 10.5. The highest BCUT2D eigenvalue weighted by atomic mass is 32.2. The van der Waals surface area contributed by atoms with Crippen molar-refractivity contribution in [1.29, 1.82) is 0 Å². The lowest BCUT2D eigenvalue weighted by atomic mass is 9.99. The number of hydrogen-bond acceptors (Lipinski definition) is 7. The SMILES string of the molecule is CCOCCCCCSC1=CC(=O)c2onc(C(=O)Nc3ccccc3)c2C1=O. The summed E-state index contributed by atoms with van der Waals surface area (Å²) in [6.45, 7) is 3.39. The van der Waals surface area contributed by atoms with Crippen LogP contribution in [0.2, 0.25) is 0 Å². The third-order valence-corrected chi connectivity index (χ3v) is 5.38. The predicted octanol–water partition coefficient (Wildman–Crippen LogP) is 4.13. The molecule has 0 fully saturated rings. The van der Waals surface area contributed by atoms with Gasteiger partial charge in [-0.3, -0.25) is 14.4 Å². The van der Waals surface area contributed by atoms with E-state index in [2.05, 4.69) is 10.5 Å². The van der Waals surface area contributed by atoms with Crippen LogP contribution in [0.15, 0.2) is 45.8 Å². The molecule has 7 nitrogen and oxygen atoms in total. The van der Waals surface area contributed by atoms with Gasteiger partial charge < -0.3 is 14.6 Å². The third-order valence-electron chi connectivity index (χ3n) is 4.27. The fraction of sp³-hybridized carbons (Fsp3) is 0.333. The number of allylic oxidation sites excluding steroid dienone is 2. The number of fused-ring (bicyclic) bond motifs is 1. The van der Waals surface area contributed by atoms with Crippen LogP contribution >= 0.6 is 11.8 Å². The van der Waals surface area contributed by atoms with Crippen molar-refractivity contribution < 1.29 is 23.6 Å². The van der Waals surface area contributed by atoms with Crippen molar-refractivity contribution in [2.75, 3.05) is 24.3 Å². The van der Waals surface area contributed by atoms with Crippen molar-refractivity contribution >= 4 is 34.9 Å². The number of hydrogen-bond donors (Lipinski definition) is 1. The lowest BCUT2D eigenvalue weighted by Crippen LogP contribution is -2.20. The van der Waals surface area contributed by atoms with Gasteiger partial charge in [0.2, 0.25) is 17.3 Å². The van der Waals surface area contributed by atoms with Gasteiger partial charge in [0.15, 0.2) is 5.69 Å². The molecule has 0 saturated heterocycles. The number of ether oxygens (including phenoxy) is 1. The minimum atomic E-state index is -0.593. The Bertz CT molecular complexity index is 920. The normalized spacial score (nSPS) is 13.2. The molecule has 2 aromatic rings. The molecule has 0 atom stereocenters. The Labute approximate surface area is 172 Å². The zero-order valence-corrected chi connectivity index (χ0v) is 16.9. The summed E-state index contributed by atoms with van der Waals surface area (Å²) in [4.78, 5) is 38.0. The van der Waals surface area contributed by atoms with Gasteiger partial charge in [-0.2, -0.15) is 0 Å². The van der Waals surface area contributed by atoms with E-state index in [-0.39, 0.29) is 17.0 Å². The summed E-state index contributed by atoms with van der Waals surface area (Å²) in [6.07, 6.45) is 4.10. The molecule has 0 bridgehead atoms. The summed E-state index contributed by atoms with van der Waals surface area (Å²) < 4.78 is 10.3. The van der Waals surface area contributed by atoms with Crippen LogP contribution in [0.5, 0.6) is 0 Å². The number of amides is 1. The first-order valence-electron chi connectivity index (χ1n) is 9.49. The second kappa shape index (κ2) is 10.2. The van der Waals surface area contributed by atoms with Gasteiger partial charge in [-0.25, -0.2) is 0 Å². The molecule has 0 spiro atoms. The fourth-order valence-electron chi connectivity index (χ4n) is 2.83. The van der Waals surface area contributed by atoms with E-state index in [1.165, 1.54) is 17.8 Å². The molecule has 0 saturated carbocycles. The molecule has 8 heteroatoms. The van der Waals surface area contributed by atoms with E-state index in [1.54, 1.807) is 24.3 Å². The lowest BCUT2D eigenvalue weighted by molar-refractivity contribution is 0.0967. The van der Waals surface area contributed by atoms with Crippen molar-refractivity contribution in [1.82, 2.24) is 5.16 Å². The zero-order chi connectivity index (χ0) is 20.6. The molecule has 1 aliphatic carbocycles. The number of nitrogens with zero attached hydrogens (tertiary/aromatic N) is 1. The predicted molar refractivity (Wildman–Crippen MR) is 110 cm³/mol. The van der Waals surface area contributed by atoms with Crippen LogP contribution in [-0.4, -0.2) is 41.6 Å². The molecule has 0 radical (unpaired) electrons. The van der Waals surface area contributed by atoms with Crippen molar-refractivity contribution in [2.24, 2.45) is 0 Å². The Hall–Kier alpha value is -2.71. The largest absolute Gasteiger partial charge is 0.382 e. The van der Waals surface area contributed by atoms with Crippen LogP contribution in [0.3, 0.4) is 0 Å². The number of carbonyl (C=O) groups is 3. The molecule has 0 unspecified atom stereocenters. The molecule has 1 aliphatic rings. The van der Waals surface area contributed by atoms with Gasteiger partial charge in [0.05, 0.1) is 4.91 Å². The Morgan fingerprint density at radius 3 is 2.72 bits per heavy atom. The molecule has 1 N–H and O–H groups in total. The number of thioether (sulfide) groups is 1. The number of ketones is 2. The first kappa shape index (κ1) is 21.0. The average molecular weight is 414 g/mol. The maximum absolute atomic E-state index is 12.9. The minimum Gasteiger partial charge on any atom is -0.382 e. The van der Waals surface area contributed by atoms with E-state index in [0.29, 0.717) is 23.0 Å². The van der Waals surface area contributed by atoms with Crippen LogP contribution in [0.1, 0.15) is 57.6 Å². The molecule has 1 amide bonds. The molecule has 29 heavy (non-hydrogen) atoms. The molecule has 1 aromatic carbocycles. The highest BCUT2D eigenvalue weighted by Gasteiger charge is 2.36. The van der Waals surface area contributed by atoms with Crippen molar-refractivity contribution in [3.63, 3.8) is 0 Å². The Morgan fingerprint density at radius 1 is 1.17 bits per heavy atom. The van der Waals surface area contributed by atoms with Crippen LogP contribution in [0, 0.1) is 0 Å². The minimum absolute atomic E-state index is 0.0650. The van der Waals surface area contributed by atoms with E-state index in [9.17, 15) is 14.4 Å². The quantitative estimate of drug-likeness (QED) is 0.584. The van der Waals surface area contributed by atoms with E-state index in [1.807, 2.05) is 13.0 Å². The summed E-state index contributed by atoms with van der Waals surface area (Å²) >= 11 is 1.31. The second-order valence-electron chi connectivity index (χ2n) is 6.36. The van der Waals surface area contributed by atoms with E-state index in [0.717, 1.165) is 25.9 Å². The van der Waals surface area contributed by atoms with Gasteiger partial charge in [-0.1, -0.05) is 29.8 Å². The summed E-state index contributed by atoms with van der Waals surface area (Å²) in [5.41, 5.74) is 0.316.